The lowest BCUT2D eigenvalue weighted by molar-refractivity contribution is -0.167. The number of rotatable bonds is 2. The zero-order valence-corrected chi connectivity index (χ0v) is 20.6. The molecule has 0 N–H and O–H groups in total. The van der Waals surface area contributed by atoms with Gasteiger partial charge in [-0.1, -0.05) is 67.2 Å². The van der Waals surface area contributed by atoms with Crippen molar-refractivity contribution >= 4 is 38.9 Å². The maximum absolute atomic E-state index is 13.9. The van der Waals surface area contributed by atoms with Crippen LogP contribution in [0.25, 0.3) is 60.5 Å². The average molecular weight is 572 g/mol. The number of hydrogen-bond donors (Lipinski definition) is 0. The molecule has 0 unspecified atom stereocenters. The third kappa shape index (κ3) is 4.26. The number of alkyl halides is 6. The predicted octanol–water partition coefficient (Wildman–Crippen LogP) is 7.31. The number of nitrogens with zero attached hydrogens (tertiary/aromatic N) is 8. The lowest BCUT2D eigenvalue weighted by atomic mass is 10.0. The van der Waals surface area contributed by atoms with Crippen LogP contribution in [0.4, 0.5) is 32.2 Å². The molecule has 0 saturated carbocycles. The molecule has 0 aliphatic rings. The van der Waals surface area contributed by atoms with Crippen LogP contribution in [0.2, 0.25) is 0 Å². The molecule has 3 aromatic heterocycles. The van der Waals surface area contributed by atoms with Crippen LogP contribution in [0, 0.1) is 17.9 Å². The van der Waals surface area contributed by atoms with Gasteiger partial charge < -0.3 is 4.85 Å². The normalized spacial score (nSPS) is 12.0. The summed E-state index contributed by atoms with van der Waals surface area (Å²) in [7, 11) is 0. The monoisotopic (exact) mass is 572 g/mol. The zero-order valence-electron chi connectivity index (χ0n) is 20.6. The van der Waals surface area contributed by atoms with Crippen LogP contribution in [0.3, 0.4) is 0 Å². The van der Waals surface area contributed by atoms with Crippen LogP contribution < -0.4 is 0 Å². The molecule has 0 aliphatic carbocycles. The second kappa shape index (κ2) is 9.42. The Morgan fingerprint density at radius 2 is 0.952 bits per heavy atom. The minimum atomic E-state index is -5.55. The number of hydrogen-bond acceptors (Lipinski definition) is 7. The molecule has 6 aromatic rings. The van der Waals surface area contributed by atoms with E-state index in [4.69, 9.17) is 6.57 Å². The average Bonchev–Trinajstić information content (AvgIpc) is 2.99. The van der Waals surface area contributed by atoms with Gasteiger partial charge in [0.1, 0.15) is 33.7 Å². The van der Waals surface area contributed by atoms with Crippen LogP contribution in [-0.2, 0) is 12.4 Å². The molecule has 0 spiro atoms. The SMILES string of the molecule is [C-]#[N+]c1nc2c(nc1C#N)c1nc(C(F)(F)F)c(C(F)(F)F)nc1c1nc(-c3ccccc3)c(-c3ccccc3)nc21. The van der Waals surface area contributed by atoms with Gasteiger partial charge in [-0.15, -0.1) is 4.98 Å². The molecule has 0 bridgehead atoms. The van der Waals surface area contributed by atoms with Gasteiger partial charge in [-0.05, 0) is 0 Å². The Hall–Kier alpha value is -5.76. The molecule has 14 heteroatoms. The second-order valence-electron chi connectivity index (χ2n) is 8.78. The van der Waals surface area contributed by atoms with Crippen LogP contribution >= 0.6 is 0 Å². The molecule has 8 nitrogen and oxygen atoms in total. The molecule has 204 valence electrons. The first-order valence-electron chi connectivity index (χ1n) is 11.8. The maximum Gasteiger partial charge on any atom is 0.435 e. The van der Waals surface area contributed by atoms with Crippen molar-refractivity contribution in [2.45, 2.75) is 12.4 Å². The lowest BCUT2D eigenvalue weighted by Gasteiger charge is -2.16. The summed E-state index contributed by atoms with van der Waals surface area (Å²) in [5.74, 6) is -0.489. The van der Waals surface area contributed by atoms with Crippen molar-refractivity contribution in [3.05, 3.63) is 89.2 Å². The Morgan fingerprint density at radius 3 is 1.33 bits per heavy atom. The summed E-state index contributed by atoms with van der Waals surface area (Å²) >= 11 is 0. The molecule has 0 fully saturated rings. The third-order valence-corrected chi connectivity index (χ3v) is 6.19. The molecule has 3 heterocycles. The molecule has 0 amide bonds. The highest BCUT2D eigenvalue weighted by Gasteiger charge is 2.47. The molecular formula is C28H10F6N8. The molecule has 0 aliphatic heterocycles. The van der Waals surface area contributed by atoms with Crippen LogP contribution in [0.15, 0.2) is 60.7 Å². The summed E-state index contributed by atoms with van der Waals surface area (Å²) in [5.41, 5.74) is -6.36. The van der Waals surface area contributed by atoms with Gasteiger partial charge in [-0.25, -0.2) is 24.9 Å². The highest BCUT2D eigenvalue weighted by atomic mass is 19.4. The quantitative estimate of drug-likeness (QED) is 0.122. The van der Waals surface area contributed by atoms with Gasteiger partial charge in [-0.2, -0.15) is 31.6 Å². The van der Waals surface area contributed by atoms with Crippen molar-refractivity contribution in [3.63, 3.8) is 0 Å². The van der Waals surface area contributed by atoms with Crippen molar-refractivity contribution < 1.29 is 26.3 Å². The third-order valence-electron chi connectivity index (χ3n) is 6.19. The molecule has 6 rings (SSSR count). The van der Waals surface area contributed by atoms with E-state index in [0.717, 1.165) is 0 Å². The summed E-state index contributed by atoms with van der Waals surface area (Å²) in [6.45, 7) is 7.40. The number of fused-ring (bicyclic) bond motifs is 6. The van der Waals surface area contributed by atoms with Crippen LogP contribution in [0.5, 0.6) is 0 Å². The summed E-state index contributed by atoms with van der Waals surface area (Å²) in [6, 6.07) is 18.7. The number of benzene rings is 3. The largest absolute Gasteiger partial charge is 0.435 e. The molecule has 0 radical (unpaired) electrons. The van der Waals surface area contributed by atoms with E-state index in [1.54, 1.807) is 66.7 Å². The Kier molecular flexibility index (Phi) is 5.93. The number of aromatic nitrogens is 6. The first-order valence-corrected chi connectivity index (χ1v) is 11.8. The summed E-state index contributed by atoms with van der Waals surface area (Å²) < 4.78 is 83.3. The molecule has 42 heavy (non-hydrogen) atoms. The van der Waals surface area contributed by atoms with Gasteiger partial charge in [-0.3, -0.25) is 0 Å². The highest BCUT2D eigenvalue weighted by molar-refractivity contribution is 6.19. The minimum absolute atomic E-state index is 0.192. The van der Waals surface area contributed by atoms with E-state index in [-0.39, 0.29) is 27.9 Å². The lowest BCUT2D eigenvalue weighted by Crippen LogP contribution is -2.21. The van der Waals surface area contributed by atoms with Gasteiger partial charge in [0.25, 0.3) is 0 Å². The first kappa shape index (κ1) is 26.5. The van der Waals surface area contributed by atoms with Crippen molar-refractivity contribution in [1.29, 1.82) is 5.26 Å². The second-order valence-corrected chi connectivity index (χ2v) is 8.78. The highest BCUT2D eigenvalue weighted by Crippen LogP contribution is 2.42. The fraction of sp³-hybridized carbons (Fsp3) is 0.0714. The van der Waals surface area contributed by atoms with Crippen LogP contribution in [0.1, 0.15) is 17.1 Å². The number of halogens is 6. The smallest absolute Gasteiger partial charge is 0.358 e. The van der Waals surface area contributed by atoms with Gasteiger partial charge in [0.15, 0.2) is 17.1 Å². The Labute approximate surface area is 230 Å². The van der Waals surface area contributed by atoms with E-state index in [9.17, 15) is 31.6 Å². The van der Waals surface area contributed by atoms with Crippen molar-refractivity contribution in [2.24, 2.45) is 0 Å². The van der Waals surface area contributed by atoms with Crippen molar-refractivity contribution in [1.82, 2.24) is 29.9 Å². The van der Waals surface area contributed by atoms with E-state index in [1.165, 1.54) is 0 Å². The van der Waals surface area contributed by atoms with Gasteiger partial charge in [0, 0.05) is 11.1 Å². The van der Waals surface area contributed by atoms with E-state index < -0.39 is 51.8 Å². The predicted molar refractivity (Wildman–Crippen MR) is 138 cm³/mol. The standard InChI is InChI=1S/C28H10F6N8/c1-36-26-15(12-35)37-18-21-22(41-25(28(32,33)34)24(40-21)27(29,30)31)19-20(23(18)42-26)39-17(14-10-6-3-7-11-14)16(38-19)13-8-4-2-5-9-13/h2-11H. The van der Waals surface area contributed by atoms with Gasteiger partial charge >= 0.3 is 18.2 Å². The maximum atomic E-state index is 13.9. The molecule has 0 atom stereocenters. The fourth-order valence-electron chi connectivity index (χ4n) is 4.43. The zero-order chi connectivity index (χ0) is 29.8. The topological polar surface area (TPSA) is 105 Å². The molecule has 3 aromatic carbocycles. The fourth-order valence-corrected chi connectivity index (χ4v) is 4.43. The summed E-state index contributed by atoms with van der Waals surface area (Å²) in [4.78, 5) is 27.3. The van der Waals surface area contributed by atoms with Gasteiger partial charge in [0.05, 0.1) is 11.4 Å². The van der Waals surface area contributed by atoms with E-state index in [0.29, 0.717) is 11.1 Å². The van der Waals surface area contributed by atoms with Crippen LogP contribution in [-0.4, -0.2) is 29.9 Å². The first-order chi connectivity index (χ1) is 20.0. The van der Waals surface area contributed by atoms with Crippen molar-refractivity contribution in [2.75, 3.05) is 0 Å². The summed E-state index contributed by atoms with van der Waals surface area (Å²) in [6.07, 6.45) is -11.1. The van der Waals surface area contributed by atoms with Gasteiger partial charge in [0.2, 0.25) is 5.52 Å². The Balaban J connectivity index is 1.90. The number of nitriles is 1. The van der Waals surface area contributed by atoms with E-state index >= 15 is 0 Å². The summed E-state index contributed by atoms with van der Waals surface area (Å²) in [5, 5.41) is 9.50. The Morgan fingerprint density at radius 1 is 0.571 bits per heavy atom. The Bertz CT molecular complexity index is 2130. The van der Waals surface area contributed by atoms with E-state index in [1.807, 2.05) is 0 Å². The minimum Gasteiger partial charge on any atom is -0.358 e. The van der Waals surface area contributed by atoms with Crippen molar-refractivity contribution in [3.8, 4) is 28.6 Å². The molecular weight excluding hydrogens is 562 g/mol. The molecule has 0 saturated heterocycles. The van der Waals surface area contributed by atoms with E-state index in [2.05, 4.69) is 34.7 Å².